The van der Waals surface area contributed by atoms with Gasteiger partial charge in [0, 0.05) is 7.05 Å². The highest BCUT2D eigenvalue weighted by molar-refractivity contribution is 7.18. The van der Waals surface area contributed by atoms with Gasteiger partial charge in [0.05, 0.1) is 28.9 Å². The Morgan fingerprint density at radius 2 is 1.85 bits per heavy atom. The van der Waals surface area contributed by atoms with Crippen LogP contribution in [-0.2, 0) is 9.53 Å². The molecule has 0 aliphatic rings. The maximum Gasteiger partial charge on any atom is 0.337 e. The molecule has 0 unspecified atom stereocenters. The van der Waals surface area contributed by atoms with Gasteiger partial charge in [0.2, 0.25) is 0 Å². The highest BCUT2D eigenvalue weighted by Gasteiger charge is 2.21. The summed E-state index contributed by atoms with van der Waals surface area (Å²) >= 11 is 1.58. The van der Waals surface area contributed by atoms with Crippen LogP contribution in [0.2, 0.25) is 0 Å². The maximum atomic E-state index is 12.5. The van der Waals surface area contributed by atoms with Gasteiger partial charge in [-0.2, -0.15) is 0 Å². The molecule has 2 aromatic carbocycles. The molecule has 0 saturated heterocycles. The number of carbonyl (C=O) groups excluding carboxylic acids is 2. The highest BCUT2D eigenvalue weighted by Crippen LogP contribution is 2.28. The van der Waals surface area contributed by atoms with Gasteiger partial charge in [0.1, 0.15) is 10.8 Å². The van der Waals surface area contributed by atoms with Crippen LogP contribution >= 0.6 is 11.3 Å². The normalized spacial score (nSPS) is 11.8. The van der Waals surface area contributed by atoms with Gasteiger partial charge in [-0.3, -0.25) is 4.79 Å². The Kier molecular flexibility index (Phi) is 5.71. The summed E-state index contributed by atoms with van der Waals surface area (Å²) in [7, 11) is 3.07. The van der Waals surface area contributed by atoms with Crippen molar-refractivity contribution >= 4 is 33.4 Å². The molecule has 1 aromatic heterocycles. The quantitative estimate of drug-likeness (QED) is 0.607. The van der Waals surface area contributed by atoms with E-state index in [1.807, 2.05) is 31.2 Å². The van der Waals surface area contributed by atoms with Crippen LogP contribution in [0.4, 0.5) is 0 Å². The summed E-state index contributed by atoms with van der Waals surface area (Å²) in [4.78, 5) is 30.1. The molecule has 140 valence electrons. The molecule has 0 aliphatic heterocycles. The van der Waals surface area contributed by atoms with E-state index in [4.69, 9.17) is 4.74 Å². The van der Waals surface area contributed by atoms with Gasteiger partial charge in [-0.15, -0.1) is 11.3 Å². The number of likely N-dealkylation sites (N-methyl/N-ethyl adjacent to an activating group) is 1. The van der Waals surface area contributed by atoms with Crippen molar-refractivity contribution < 1.29 is 19.1 Å². The lowest BCUT2D eigenvalue weighted by Crippen LogP contribution is -2.33. The second-order valence-corrected chi connectivity index (χ2v) is 7.07. The number of ether oxygens (including phenoxy) is 2. The fraction of sp³-hybridized carbons (Fsp3) is 0.250. The molecular weight excluding hydrogens is 364 g/mol. The minimum atomic E-state index is -0.415. The number of hydrogen-bond donors (Lipinski definition) is 0. The number of rotatable bonds is 6. The number of para-hydroxylation sites is 1. The van der Waals surface area contributed by atoms with E-state index in [-0.39, 0.29) is 18.6 Å². The van der Waals surface area contributed by atoms with Crippen molar-refractivity contribution in [3.63, 3.8) is 0 Å². The molecular formula is C20H20N2O4S. The molecule has 1 atom stereocenters. The van der Waals surface area contributed by atoms with Gasteiger partial charge in [-0.25, -0.2) is 9.78 Å². The van der Waals surface area contributed by atoms with E-state index in [0.717, 1.165) is 15.2 Å². The summed E-state index contributed by atoms with van der Waals surface area (Å²) in [6.07, 6.45) is 0. The first kappa shape index (κ1) is 18.8. The first-order chi connectivity index (χ1) is 13.0. The fourth-order valence-electron chi connectivity index (χ4n) is 2.50. The zero-order valence-corrected chi connectivity index (χ0v) is 16.2. The zero-order chi connectivity index (χ0) is 19.4. The van der Waals surface area contributed by atoms with Crippen LogP contribution in [0.1, 0.15) is 28.3 Å². The van der Waals surface area contributed by atoms with Gasteiger partial charge >= 0.3 is 5.97 Å². The van der Waals surface area contributed by atoms with E-state index in [9.17, 15) is 9.59 Å². The Hall–Kier alpha value is -2.93. The van der Waals surface area contributed by atoms with Gasteiger partial charge in [-0.05, 0) is 43.3 Å². The minimum Gasteiger partial charge on any atom is -0.484 e. The SMILES string of the molecule is COC(=O)c1ccc(OCC(=O)N(C)[C@@H](C)c2nc3ccccc3s2)cc1. The molecule has 0 saturated carbocycles. The van der Waals surface area contributed by atoms with Crippen molar-refractivity contribution in [1.29, 1.82) is 0 Å². The molecule has 0 radical (unpaired) electrons. The molecule has 3 rings (SSSR count). The first-order valence-corrected chi connectivity index (χ1v) is 9.23. The topological polar surface area (TPSA) is 68.7 Å². The number of nitrogens with zero attached hydrogens (tertiary/aromatic N) is 2. The Bertz CT molecular complexity index is 919. The third kappa shape index (κ3) is 4.25. The molecule has 1 heterocycles. The Morgan fingerprint density at radius 3 is 2.52 bits per heavy atom. The molecule has 1 amide bonds. The largest absolute Gasteiger partial charge is 0.484 e. The summed E-state index contributed by atoms with van der Waals surface area (Å²) < 4.78 is 11.3. The van der Waals surface area contributed by atoms with E-state index in [0.29, 0.717) is 11.3 Å². The molecule has 0 bridgehead atoms. The molecule has 0 N–H and O–H groups in total. The van der Waals surface area contributed by atoms with Crippen molar-refractivity contribution in [2.45, 2.75) is 13.0 Å². The third-order valence-corrected chi connectivity index (χ3v) is 5.49. The van der Waals surface area contributed by atoms with E-state index in [1.165, 1.54) is 7.11 Å². The van der Waals surface area contributed by atoms with Crippen molar-refractivity contribution in [2.24, 2.45) is 0 Å². The minimum absolute atomic E-state index is 0.0939. The lowest BCUT2D eigenvalue weighted by Gasteiger charge is -2.23. The predicted molar refractivity (Wildman–Crippen MR) is 104 cm³/mol. The number of benzene rings is 2. The average molecular weight is 384 g/mol. The van der Waals surface area contributed by atoms with Gasteiger partial charge in [-0.1, -0.05) is 12.1 Å². The Balaban J connectivity index is 1.60. The lowest BCUT2D eigenvalue weighted by molar-refractivity contribution is -0.134. The van der Waals surface area contributed by atoms with Crippen molar-refractivity contribution in [1.82, 2.24) is 9.88 Å². The smallest absolute Gasteiger partial charge is 0.337 e. The van der Waals surface area contributed by atoms with Crippen molar-refractivity contribution in [2.75, 3.05) is 20.8 Å². The van der Waals surface area contributed by atoms with Crippen LogP contribution in [-0.4, -0.2) is 42.5 Å². The van der Waals surface area contributed by atoms with Gasteiger partial charge < -0.3 is 14.4 Å². The number of esters is 1. The number of carbonyl (C=O) groups is 2. The average Bonchev–Trinajstić information content (AvgIpc) is 3.15. The van der Waals surface area contributed by atoms with E-state index in [1.54, 1.807) is 47.5 Å². The highest BCUT2D eigenvalue weighted by atomic mass is 32.1. The molecule has 27 heavy (non-hydrogen) atoms. The van der Waals surface area contributed by atoms with E-state index >= 15 is 0 Å². The summed E-state index contributed by atoms with van der Waals surface area (Å²) in [5, 5.41) is 0.884. The summed E-state index contributed by atoms with van der Waals surface area (Å²) in [6, 6.07) is 14.2. The molecule has 6 nitrogen and oxygen atoms in total. The monoisotopic (exact) mass is 384 g/mol. The molecule has 0 spiro atoms. The number of aromatic nitrogens is 1. The van der Waals surface area contributed by atoms with Crippen LogP contribution in [0.25, 0.3) is 10.2 Å². The summed E-state index contributed by atoms with van der Waals surface area (Å²) in [5.41, 5.74) is 1.37. The molecule has 7 heteroatoms. The van der Waals surface area contributed by atoms with Crippen LogP contribution < -0.4 is 4.74 Å². The third-order valence-electron chi connectivity index (χ3n) is 4.28. The Morgan fingerprint density at radius 1 is 1.15 bits per heavy atom. The number of fused-ring (bicyclic) bond motifs is 1. The molecule has 3 aromatic rings. The van der Waals surface area contributed by atoms with Crippen molar-refractivity contribution in [3.8, 4) is 5.75 Å². The number of hydrogen-bond acceptors (Lipinski definition) is 6. The Labute approximate surface area is 161 Å². The van der Waals surface area contributed by atoms with Gasteiger partial charge in [0.25, 0.3) is 5.91 Å². The number of amides is 1. The van der Waals surface area contributed by atoms with Crippen LogP contribution in [0.5, 0.6) is 5.75 Å². The predicted octanol–water partition coefficient (Wildman–Crippen LogP) is 3.68. The number of methoxy groups -OCH3 is 1. The van der Waals surface area contributed by atoms with Gasteiger partial charge in [0.15, 0.2) is 6.61 Å². The zero-order valence-electron chi connectivity index (χ0n) is 15.3. The van der Waals surface area contributed by atoms with Crippen molar-refractivity contribution in [3.05, 3.63) is 59.1 Å². The second kappa shape index (κ2) is 8.18. The van der Waals surface area contributed by atoms with Crippen LogP contribution in [0, 0.1) is 0 Å². The summed E-state index contributed by atoms with van der Waals surface area (Å²) in [5.74, 6) is -0.0575. The number of thiazole rings is 1. The van der Waals surface area contributed by atoms with E-state index in [2.05, 4.69) is 9.72 Å². The van der Waals surface area contributed by atoms with Crippen LogP contribution in [0.15, 0.2) is 48.5 Å². The standard InChI is InChI=1S/C20H20N2O4S/c1-13(19-21-16-6-4-5-7-17(16)27-19)22(2)18(23)12-26-15-10-8-14(9-11-15)20(24)25-3/h4-11,13H,12H2,1-3H3/t13-/m0/s1. The second-order valence-electron chi connectivity index (χ2n) is 6.01. The van der Waals surface area contributed by atoms with E-state index < -0.39 is 5.97 Å². The van der Waals surface area contributed by atoms with Crippen LogP contribution in [0.3, 0.4) is 0 Å². The lowest BCUT2D eigenvalue weighted by atomic mass is 10.2. The molecule has 0 fully saturated rings. The fourth-order valence-corrected chi connectivity index (χ4v) is 3.57. The summed E-state index contributed by atoms with van der Waals surface area (Å²) in [6.45, 7) is 1.85. The first-order valence-electron chi connectivity index (χ1n) is 8.42. The maximum absolute atomic E-state index is 12.5. The molecule has 0 aliphatic carbocycles.